The number of carbonyl (C=O) groups excluding carboxylic acids is 4. The summed E-state index contributed by atoms with van der Waals surface area (Å²) >= 11 is 1.87. The Kier molecular flexibility index (Phi) is 19.9. The molecule has 65 heavy (non-hydrogen) atoms. The Bertz CT molecular complexity index is 2090. The third-order valence-electron chi connectivity index (χ3n) is 10.4. The number of aliphatic hydroxyl groups excluding tert-OH is 2. The number of anilines is 1. The van der Waals surface area contributed by atoms with Crippen LogP contribution in [0.4, 0.5) is 10.6 Å². The maximum absolute atomic E-state index is 12.5. The van der Waals surface area contributed by atoms with E-state index in [9.17, 15) is 52.9 Å². The van der Waals surface area contributed by atoms with Crippen LogP contribution >= 0.6 is 35.2 Å². The molecule has 5 heterocycles. The molecule has 0 aromatic carbocycles. The highest BCUT2D eigenvalue weighted by Crippen LogP contribution is 2.66. The van der Waals surface area contributed by atoms with E-state index in [0.717, 1.165) is 76.3 Å². The van der Waals surface area contributed by atoms with Gasteiger partial charge in [-0.1, -0.05) is 25.7 Å². The summed E-state index contributed by atoms with van der Waals surface area (Å²) in [6.07, 6.45) is 5.19. The summed E-state index contributed by atoms with van der Waals surface area (Å²) in [6.45, 7) is 0.378. The Balaban J connectivity index is 0.870. The first-order chi connectivity index (χ1) is 30.8. The number of phosphoric ester groups is 1. The van der Waals surface area contributed by atoms with Crippen LogP contribution in [0.5, 0.6) is 0 Å². The van der Waals surface area contributed by atoms with E-state index in [0.29, 0.717) is 37.7 Å². The number of aromatic nitrogens is 4. The van der Waals surface area contributed by atoms with Gasteiger partial charge in [0.1, 0.15) is 24.6 Å². The van der Waals surface area contributed by atoms with Gasteiger partial charge in [-0.3, -0.25) is 23.5 Å². The van der Waals surface area contributed by atoms with Gasteiger partial charge in [0.15, 0.2) is 23.2 Å². The highest BCUT2D eigenvalue weighted by atomic mass is 32.2. The molecule has 2 aromatic heterocycles. The van der Waals surface area contributed by atoms with Gasteiger partial charge >= 0.3 is 29.5 Å². The molecule has 3 fully saturated rings. The Hall–Kier alpha value is -3.33. The number of imidazole rings is 1. The molecule has 3 aliphatic rings. The zero-order valence-electron chi connectivity index (χ0n) is 35.1. The van der Waals surface area contributed by atoms with Crippen LogP contribution in [0.25, 0.3) is 11.2 Å². The quantitative estimate of drug-likeness (QED) is 0.0298. The van der Waals surface area contributed by atoms with Gasteiger partial charge in [0, 0.05) is 43.5 Å². The molecule has 2 unspecified atom stereocenters. The van der Waals surface area contributed by atoms with Crippen LogP contribution in [0.3, 0.4) is 0 Å². The van der Waals surface area contributed by atoms with Crippen LogP contribution in [-0.2, 0) is 46.0 Å². The van der Waals surface area contributed by atoms with Crippen LogP contribution < -0.4 is 31.9 Å². The van der Waals surface area contributed by atoms with Gasteiger partial charge in [-0.2, -0.15) is 20.4 Å². The highest BCUT2D eigenvalue weighted by molar-refractivity contribution is 8.00. The highest BCUT2D eigenvalue weighted by Gasteiger charge is 2.47. The molecule has 31 heteroatoms. The molecule has 0 saturated carbocycles. The summed E-state index contributed by atoms with van der Waals surface area (Å²) < 4.78 is 53.1. The number of hydrogen-bond donors (Lipinski definition) is 12. The first-order valence-corrected chi connectivity index (χ1v) is 26.6. The average molecular weight is 1000 g/mol. The van der Waals surface area contributed by atoms with Crippen LogP contribution in [0.2, 0.25) is 0 Å². The van der Waals surface area contributed by atoms with Crippen molar-refractivity contribution in [3.8, 4) is 0 Å². The molecule has 27 nitrogen and oxygen atoms in total. The molecule has 0 aliphatic carbocycles. The zero-order chi connectivity index (χ0) is 47.2. The normalized spacial score (nSPS) is 24.7. The van der Waals surface area contributed by atoms with Gasteiger partial charge in [0.25, 0.3) is 0 Å². The van der Waals surface area contributed by atoms with Crippen LogP contribution in [-0.4, -0.2) is 147 Å². The van der Waals surface area contributed by atoms with Crippen LogP contribution in [0.1, 0.15) is 83.3 Å². The van der Waals surface area contributed by atoms with Crippen LogP contribution in [0.15, 0.2) is 12.7 Å². The van der Waals surface area contributed by atoms with E-state index in [-0.39, 0.29) is 59.4 Å². The lowest BCUT2D eigenvalue weighted by molar-refractivity contribution is -0.122. The minimum Gasteiger partial charge on any atom is -0.387 e. The van der Waals surface area contributed by atoms with E-state index in [1.54, 1.807) is 0 Å². The average Bonchev–Trinajstić information content (AvgIpc) is 3.99. The molecule has 3 aliphatic heterocycles. The second kappa shape index (κ2) is 24.6. The summed E-state index contributed by atoms with van der Waals surface area (Å²) in [5.41, 5.74) is 0.254. The van der Waals surface area contributed by atoms with Crippen molar-refractivity contribution in [2.45, 2.75) is 119 Å². The number of hydrogen-bond acceptors (Lipinski definition) is 18. The number of carbonyl (C=O) groups is 4. The van der Waals surface area contributed by atoms with Gasteiger partial charge in [0.2, 0.25) is 17.7 Å². The van der Waals surface area contributed by atoms with Gasteiger partial charge < -0.3 is 66.4 Å². The number of amides is 5. The number of fused-ring (bicyclic) bond motifs is 2. The molecular weight excluding hydrogens is 945 g/mol. The number of nitrogens with zero attached hydrogens (tertiary/aromatic N) is 4. The second-order valence-corrected chi connectivity index (χ2v) is 21.2. The number of rotatable bonds is 29. The standard InChI is InChI=1S/C34H57N10O17P3S/c45-24(11-4-3-9-14-36-25(46)12-6-5-10-23-27-21(18-65-23)42-34(50)43-27)35-13-7-1-2-8-15-37-26(47)16-38-31-28-32(40-19-39-31)44(20-41-28)33-30(49)29(48)22(59-33)17-58-63(54,55)61-64(56,57)60-62(51,52)53/h19-23,27,29-30,33,48-49H,1-18H2,(H,35,45)(H,36,46)(H,37,47)(H,54,55)(H,56,57)(H,38,39,40)(H2,42,43,50)(H2,51,52,53)/t21-,22+,23-,27-,29+,30+,33+/m0/s1. The van der Waals surface area contributed by atoms with Crippen LogP contribution in [0, 0.1) is 0 Å². The molecule has 0 radical (unpaired) electrons. The third-order valence-corrected chi connectivity index (χ3v) is 15.7. The van der Waals surface area contributed by atoms with Gasteiger partial charge in [0.05, 0.1) is 31.6 Å². The number of unbranched alkanes of at least 4 members (excludes halogenated alkanes) is 6. The molecule has 2 aromatic rings. The lowest BCUT2D eigenvalue weighted by Crippen LogP contribution is -2.36. The van der Waals surface area contributed by atoms with Gasteiger partial charge in [-0.25, -0.2) is 33.4 Å². The maximum atomic E-state index is 12.5. The molecular formula is C34H57N10O17P3S. The summed E-state index contributed by atoms with van der Waals surface area (Å²) in [6, 6.07) is 0.308. The van der Waals surface area contributed by atoms with Crippen molar-refractivity contribution in [3.63, 3.8) is 0 Å². The number of aliphatic hydroxyl groups is 2. The van der Waals surface area contributed by atoms with E-state index in [1.807, 2.05) is 11.8 Å². The van der Waals surface area contributed by atoms with E-state index >= 15 is 0 Å². The first kappa shape index (κ1) is 52.6. The Morgan fingerprint density at radius 3 is 2.09 bits per heavy atom. The van der Waals surface area contributed by atoms with Crippen molar-refractivity contribution < 1.29 is 80.5 Å². The maximum Gasteiger partial charge on any atom is 0.490 e. The number of thioether (sulfide) groups is 1. The summed E-state index contributed by atoms with van der Waals surface area (Å²) in [5, 5.41) is 39.1. The Morgan fingerprint density at radius 2 is 1.43 bits per heavy atom. The predicted molar refractivity (Wildman–Crippen MR) is 229 cm³/mol. The minimum atomic E-state index is -5.78. The zero-order valence-corrected chi connectivity index (χ0v) is 38.6. The van der Waals surface area contributed by atoms with Gasteiger partial charge in [-0.05, 0) is 38.5 Å². The van der Waals surface area contributed by atoms with Crippen molar-refractivity contribution >= 4 is 76.0 Å². The second-order valence-electron chi connectivity index (χ2n) is 15.5. The van der Waals surface area contributed by atoms with Crippen molar-refractivity contribution in [1.29, 1.82) is 0 Å². The van der Waals surface area contributed by atoms with Crippen molar-refractivity contribution in [2.75, 3.05) is 43.9 Å². The molecule has 5 rings (SSSR count). The summed E-state index contributed by atoms with van der Waals surface area (Å²) in [5.74, 6) is 0.787. The van der Waals surface area contributed by atoms with E-state index in [1.165, 1.54) is 10.9 Å². The van der Waals surface area contributed by atoms with Gasteiger partial charge in [-0.15, -0.1) is 0 Å². The smallest absolute Gasteiger partial charge is 0.387 e. The molecule has 366 valence electrons. The molecule has 9 atom stereocenters. The lowest BCUT2D eigenvalue weighted by atomic mass is 10.0. The monoisotopic (exact) mass is 1000 g/mol. The number of phosphoric acid groups is 3. The lowest BCUT2D eigenvalue weighted by Gasteiger charge is -2.19. The molecule has 3 saturated heterocycles. The van der Waals surface area contributed by atoms with Crippen molar-refractivity contribution in [3.05, 3.63) is 12.7 Å². The van der Waals surface area contributed by atoms with Crippen molar-refractivity contribution in [2.24, 2.45) is 0 Å². The minimum absolute atomic E-state index is 0.00762. The summed E-state index contributed by atoms with van der Waals surface area (Å²) in [7, 11) is -16.9. The van der Waals surface area contributed by atoms with E-state index < -0.39 is 54.6 Å². The Morgan fingerprint density at radius 1 is 0.800 bits per heavy atom. The van der Waals surface area contributed by atoms with E-state index in [2.05, 4.69) is 60.0 Å². The SMILES string of the molecule is O=C(CCCCCNC(=O)CCCC[C@@H]1SC[C@@H]2NC(=O)N[C@@H]21)NCCCCCCNC(=O)CNc1ncnc2c1ncn2[C@@H]1O[C@H](COP(=O)(O)OP(=O)(O)OP(=O)(O)O)[C@@H](O)[C@H]1O. The third kappa shape index (κ3) is 17.1. The number of ether oxygens (including phenoxy) is 1. The fourth-order valence-corrected chi connectivity index (χ4v) is 11.9. The Labute approximate surface area is 377 Å². The topological polar surface area (TPSA) is 394 Å². The van der Waals surface area contributed by atoms with E-state index in [4.69, 9.17) is 14.5 Å². The molecule has 0 spiro atoms. The predicted octanol–water partition coefficient (Wildman–Crippen LogP) is 0.396. The molecule has 12 N–H and O–H groups in total. The fourth-order valence-electron chi connectivity index (χ4n) is 7.29. The van der Waals surface area contributed by atoms with Crippen molar-refractivity contribution in [1.82, 2.24) is 46.1 Å². The first-order valence-electron chi connectivity index (χ1n) is 21.0. The fraction of sp³-hybridized carbons (Fsp3) is 0.735. The largest absolute Gasteiger partial charge is 0.490 e. The number of urea groups is 1. The summed E-state index contributed by atoms with van der Waals surface area (Å²) in [4.78, 5) is 97.2. The molecule has 5 amide bonds. The molecule has 0 bridgehead atoms. The number of nitrogens with one attached hydrogen (secondary N) is 6.